The Kier molecular flexibility index (Phi) is 2.93. The van der Waals surface area contributed by atoms with Crippen LogP contribution in [0.25, 0.3) is 0 Å². The maximum absolute atomic E-state index is 11.5. The molecule has 0 spiro atoms. The fourth-order valence-electron chi connectivity index (χ4n) is 0.777. The van der Waals surface area contributed by atoms with Gasteiger partial charge in [0.25, 0.3) is 5.91 Å². The first-order valence-electron chi connectivity index (χ1n) is 3.81. The Morgan fingerprint density at radius 3 is 2.62 bits per heavy atom. The van der Waals surface area contributed by atoms with Crippen LogP contribution in [0.1, 0.15) is 30.4 Å². The van der Waals surface area contributed by atoms with E-state index in [1.807, 2.05) is 20.8 Å². The number of carbonyl (C=O) groups excluding carboxylic acids is 1. The molecule has 0 aliphatic heterocycles. The Hall–Kier alpha value is -0.610. The van der Waals surface area contributed by atoms with Gasteiger partial charge in [0.2, 0.25) is 0 Å². The first kappa shape index (κ1) is 10.5. The molecule has 0 saturated heterocycles. The molecule has 13 heavy (non-hydrogen) atoms. The molecular weight excluding hydrogens is 208 g/mol. The number of hydrogen-bond acceptors (Lipinski definition) is 3. The van der Waals surface area contributed by atoms with E-state index in [1.54, 1.807) is 5.51 Å². The molecule has 0 saturated carbocycles. The van der Waals surface area contributed by atoms with Gasteiger partial charge in [-0.2, -0.15) is 0 Å². The Labute approximate surface area is 86.1 Å². The van der Waals surface area contributed by atoms with Crippen LogP contribution in [0.4, 0.5) is 0 Å². The maximum atomic E-state index is 11.5. The zero-order valence-corrected chi connectivity index (χ0v) is 9.29. The maximum Gasteiger partial charge on any atom is 0.264 e. The number of nitrogens with one attached hydrogen (secondary N) is 1. The van der Waals surface area contributed by atoms with E-state index in [0.717, 1.165) is 0 Å². The molecule has 1 rings (SSSR count). The van der Waals surface area contributed by atoms with Crippen molar-refractivity contribution in [2.45, 2.75) is 26.3 Å². The van der Waals surface area contributed by atoms with Crippen molar-refractivity contribution in [3.05, 3.63) is 15.5 Å². The van der Waals surface area contributed by atoms with Gasteiger partial charge in [0.1, 0.15) is 4.88 Å². The SMILES string of the molecule is CC(C)(C)NC(=O)c1scnc1Cl. The standard InChI is InChI=1S/C8H11ClN2OS/c1-8(2,3)11-7(12)5-6(9)10-4-13-5/h4H,1-3H3,(H,11,12). The number of aromatic nitrogens is 1. The number of carbonyl (C=O) groups is 1. The highest BCUT2D eigenvalue weighted by atomic mass is 35.5. The average Bonchev–Trinajstić information content (AvgIpc) is 2.30. The Bertz CT molecular complexity index is 316. The summed E-state index contributed by atoms with van der Waals surface area (Å²) < 4.78 is 0. The van der Waals surface area contributed by atoms with Crippen LogP contribution in [-0.4, -0.2) is 16.4 Å². The zero-order chi connectivity index (χ0) is 10.1. The van der Waals surface area contributed by atoms with Crippen molar-refractivity contribution < 1.29 is 4.79 Å². The normalized spacial score (nSPS) is 11.4. The molecule has 0 bridgehead atoms. The Balaban J connectivity index is 2.76. The molecule has 72 valence electrons. The van der Waals surface area contributed by atoms with Crippen LogP contribution in [0, 0.1) is 0 Å². The fourth-order valence-corrected chi connectivity index (χ4v) is 1.67. The van der Waals surface area contributed by atoms with Crippen LogP contribution < -0.4 is 5.32 Å². The summed E-state index contributed by atoms with van der Waals surface area (Å²) in [5.74, 6) is -0.167. The van der Waals surface area contributed by atoms with E-state index in [9.17, 15) is 4.79 Å². The van der Waals surface area contributed by atoms with E-state index in [2.05, 4.69) is 10.3 Å². The van der Waals surface area contributed by atoms with Gasteiger partial charge in [0.15, 0.2) is 5.15 Å². The van der Waals surface area contributed by atoms with Gasteiger partial charge in [-0.1, -0.05) is 11.6 Å². The molecule has 1 heterocycles. The van der Waals surface area contributed by atoms with Gasteiger partial charge < -0.3 is 5.32 Å². The molecule has 1 amide bonds. The minimum atomic E-state index is -0.246. The topological polar surface area (TPSA) is 42.0 Å². The second kappa shape index (κ2) is 3.64. The highest BCUT2D eigenvalue weighted by Gasteiger charge is 2.18. The number of nitrogens with zero attached hydrogens (tertiary/aromatic N) is 1. The number of halogens is 1. The van der Waals surface area contributed by atoms with Crippen LogP contribution in [-0.2, 0) is 0 Å². The van der Waals surface area contributed by atoms with Crippen LogP contribution in [0.5, 0.6) is 0 Å². The van der Waals surface area contributed by atoms with Gasteiger partial charge in [0, 0.05) is 5.54 Å². The van der Waals surface area contributed by atoms with Crippen molar-refractivity contribution in [1.29, 1.82) is 0 Å². The Morgan fingerprint density at radius 1 is 1.62 bits per heavy atom. The molecule has 3 nitrogen and oxygen atoms in total. The summed E-state index contributed by atoms with van der Waals surface area (Å²) in [6.07, 6.45) is 0. The van der Waals surface area contributed by atoms with E-state index >= 15 is 0 Å². The lowest BCUT2D eigenvalue weighted by molar-refractivity contribution is 0.0923. The first-order chi connectivity index (χ1) is 5.90. The van der Waals surface area contributed by atoms with Gasteiger partial charge in [-0.05, 0) is 20.8 Å². The van der Waals surface area contributed by atoms with Gasteiger partial charge >= 0.3 is 0 Å². The van der Waals surface area contributed by atoms with E-state index in [-0.39, 0.29) is 16.6 Å². The molecule has 1 aromatic heterocycles. The quantitative estimate of drug-likeness (QED) is 0.786. The summed E-state index contributed by atoms with van der Waals surface area (Å²) >= 11 is 6.95. The molecule has 0 aromatic carbocycles. The average molecular weight is 219 g/mol. The van der Waals surface area contributed by atoms with Crippen molar-refractivity contribution in [3.63, 3.8) is 0 Å². The summed E-state index contributed by atoms with van der Waals surface area (Å²) in [5.41, 5.74) is 1.31. The van der Waals surface area contributed by atoms with Crippen LogP contribution in [0.15, 0.2) is 5.51 Å². The largest absolute Gasteiger partial charge is 0.347 e. The monoisotopic (exact) mass is 218 g/mol. The molecule has 1 N–H and O–H groups in total. The van der Waals surface area contributed by atoms with Crippen LogP contribution in [0.2, 0.25) is 5.15 Å². The van der Waals surface area contributed by atoms with Crippen LogP contribution >= 0.6 is 22.9 Å². The number of thiazole rings is 1. The number of rotatable bonds is 1. The van der Waals surface area contributed by atoms with Gasteiger partial charge in [-0.25, -0.2) is 4.98 Å². The number of amides is 1. The first-order valence-corrected chi connectivity index (χ1v) is 5.07. The summed E-state index contributed by atoms with van der Waals surface area (Å²) in [6.45, 7) is 5.75. The summed E-state index contributed by atoms with van der Waals surface area (Å²) in [5, 5.41) is 3.08. The Morgan fingerprint density at radius 2 is 2.23 bits per heavy atom. The lowest BCUT2D eigenvalue weighted by Crippen LogP contribution is -2.40. The molecule has 0 radical (unpaired) electrons. The summed E-state index contributed by atoms with van der Waals surface area (Å²) in [6, 6.07) is 0. The van der Waals surface area contributed by atoms with E-state index in [1.165, 1.54) is 11.3 Å². The molecule has 0 fully saturated rings. The van der Waals surface area contributed by atoms with Crippen molar-refractivity contribution in [2.24, 2.45) is 0 Å². The van der Waals surface area contributed by atoms with Crippen molar-refractivity contribution >= 4 is 28.8 Å². The van der Waals surface area contributed by atoms with Crippen molar-refractivity contribution in [3.8, 4) is 0 Å². The van der Waals surface area contributed by atoms with Crippen LogP contribution in [0.3, 0.4) is 0 Å². The fraction of sp³-hybridized carbons (Fsp3) is 0.500. The lowest BCUT2D eigenvalue weighted by atomic mass is 10.1. The molecule has 0 aliphatic carbocycles. The second-order valence-electron chi connectivity index (χ2n) is 3.68. The lowest BCUT2D eigenvalue weighted by Gasteiger charge is -2.19. The predicted octanol–water partition coefficient (Wildman–Crippen LogP) is 2.32. The second-order valence-corrected chi connectivity index (χ2v) is 4.89. The highest BCUT2D eigenvalue weighted by molar-refractivity contribution is 7.12. The molecule has 1 aromatic rings. The van der Waals surface area contributed by atoms with Crippen molar-refractivity contribution in [1.82, 2.24) is 10.3 Å². The molecular formula is C8H11ClN2OS. The third-order valence-electron chi connectivity index (χ3n) is 1.22. The van der Waals surface area contributed by atoms with E-state index < -0.39 is 0 Å². The third kappa shape index (κ3) is 2.97. The van der Waals surface area contributed by atoms with Crippen molar-refractivity contribution in [2.75, 3.05) is 0 Å². The van der Waals surface area contributed by atoms with E-state index in [0.29, 0.717) is 4.88 Å². The highest BCUT2D eigenvalue weighted by Crippen LogP contribution is 2.18. The predicted molar refractivity (Wildman–Crippen MR) is 54.3 cm³/mol. The molecule has 0 atom stereocenters. The van der Waals surface area contributed by atoms with Gasteiger partial charge in [0.05, 0.1) is 5.51 Å². The third-order valence-corrected chi connectivity index (χ3v) is 2.44. The minimum Gasteiger partial charge on any atom is -0.347 e. The van der Waals surface area contributed by atoms with Gasteiger partial charge in [-0.3, -0.25) is 4.79 Å². The summed E-state index contributed by atoms with van der Waals surface area (Å²) in [4.78, 5) is 15.8. The minimum absolute atomic E-state index is 0.167. The van der Waals surface area contributed by atoms with E-state index in [4.69, 9.17) is 11.6 Å². The smallest absolute Gasteiger partial charge is 0.264 e. The zero-order valence-electron chi connectivity index (χ0n) is 7.72. The molecule has 0 aliphatic rings. The summed E-state index contributed by atoms with van der Waals surface area (Å²) in [7, 11) is 0. The molecule has 5 heteroatoms. The number of hydrogen-bond donors (Lipinski definition) is 1. The molecule has 0 unspecified atom stereocenters. The van der Waals surface area contributed by atoms with Gasteiger partial charge in [-0.15, -0.1) is 11.3 Å².